The maximum Gasteiger partial charge on any atom is 0.318 e. The molecule has 0 aromatic heterocycles. The quantitative estimate of drug-likeness (QED) is 0.502. The summed E-state index contributed by atoms with van der Waals surface area (Å²) in [4.78, 5) is 14.3. The van der Waals surface area contributed by atoms with Crippen molar-refractivity contribution in [1.82, 2.24) is 0 Å². The number of benzene rings is 2. The fourth-order valence-corrected chi connectivity index (χ4v) is 9.51. The van der Waals surface area contributed by atoms with Crippen LogP contribution >= 0.6 is 0 Å². The standard InChI is InChI=1S/C29H26O2/c30-27-28(21-7-3-1-4-8-21)23-17-11-13-19(15-17)25(23)29(31-27,22-9-5-2-6-10-22)26-20-14-12-18(16-20)24(26)28/h1-14,17-20,23-26H,15-16H2/t17-,18+,19+,20-,23+,24-,25-,26+,28?,29?. The first-order valence-corrected chi connectivity index (χ1v) is 12.0. The van der Waals surface area contributed by atoms with Gasteiger partial charge >= 0.3 is 5.97 Å². The van der Waals surface area contributed by atoms with Crippen LogP contribution < -0.4 is 0 Å². The number of ether oxygens (including phenoxy) is 1. The molecule has 0 N–H and O–H groups in total. The molecule has 2 nitrogen and oxygen atoms in total. The van der Waals surface area contributed by atoms with Crippen molar-refractivity contribution < 1.29 is 9.53 Å². The Kier molecular flexibility index (Phi) is 2.97. The first kappa shape index (κ1) is 17.0. The fourth-order valence-electron chi connectivity index (χ4n) is 9.51. The smallest absolute Gasteiger partial charge is 0.318 e. The number of fused-ring (bicyclic) bond motifs is 5. The Hall–Kier alpha value is -2.61. The molecule has 5 aliphatic carbocycles. The van der Waals surface area contributed by atoms with Crippen LogP contribution in [0.2, 0.25) is 0 Å². The Morgan fingerprint density at radius 1 is 0.613 bits per heavy atom. The summed E-state index contributed by atoms with van der Waals surface area (Å²) in [5.74, 6) is 3.44. The van der Waals surface area contributed by atoms with Gasteiger partial charge in [0, 0.05) is 11.8 Å². The average Bonchev–Trinajstić information content (AvgIpc) is 3.62. The molecule has 154 valence electrons. The van der Waals surface area contributed by atoms with Crippen molar-refractivity contribution in [3.8, 4) is 0 Å². The topological polar surface area (TPSA) is 26.3 Å². The SMILES string of the molecule is O=C1OC2(c3ccccc3)[C@@H]3[C@@H]([C@H]4C=C[C@@H]3C4)C1(c1ccccc1)[C@@H]1[C@H]2[C@H]2C=C[C@@H]1C2. The van der Waals surface area contributed by atoms with E-state index in [0.717, 1.165) is 0 Å². The van der Waals surface area contributed by atoms with Crippen molar-refractivity contribution in [2.24, 2.45) is 47.3 Å². The molecule has 0 amide bonds. The molecule has 2 aromatic rings. The number of carbonyl (C=O) groups excluding carboxylic acids is 1. The lowest BCUT2D eigenvalue weighted by Gasteiger charge is -2.68. The van der Waals surface area contributed by atoms with Gasteiger partial charge < -0.3 is 4.74 Å². The van der Waals surface area contributed by atoms with Crippen LogP contribution in [0.5, 0.6) is 0 Å². The number of hydrogen-bond acceptors (Lipinski definition) is 2. The molecule has 0 spiro atoms. The van der Waals surface area contributed by atoms with E-state index in [1.54, 1.807) is 0 Å². The summed E-state index contributed by atoms with van der Waals surface area (Å²) in [6.07, 6.45) is 12.1. The Morgan fingerprint density at radius 3 is 1.58 bits per heavy atom. The number of allylic oxidation sites excluding steroid dienone is 4. The van der Waals surface area contributed by atoms with Gasteiger partial charge in [-0.3, -0.25) is 4.79 Å². The lowest BCUT2D eigenvalue weighted by atomic mass is 9.40. The summed E-state index contributed by atoms with van der Waals surface area (Å²) in [7, 11) is 0. The second-order valence-corrected chi connectivity index (χ2v) is 10.8. The monoisotopic (exact) mass is 406 g/mol. The van der Waals surface area contributed by atoms with Gasteiger partial charge in [0.1, 0.15) is 11.0 Å². The molecule has 7 aliphatic rings. The normalized spacial score (nSPS) is 49.4. The van der Waals surface area contributed by atoms with E-state index in [1.807, 2.05) is 0 Å². The predicted molar refractivity (Wildman–Crippen MR) is 118 cm³/mol. The van der Waals surface area contributed by atoms with E-state index in [4.69, 9.17) is 4.74 Å². The van der Waals surface area contributed by atoms with E-state index >= 15 is 0 Å². The Balaban J connectivity index is 1.48. The minimum absolute atomic E-state index is 0.0481. The minimum Gasteiger partial charge on any atom is -0.453 e. The third-order valence-corrected chi connectivity index (χ3v) is 10.0. The van der Waals surface area contributed by atoms with E-state index in [1.165, 1.54) is 24.0 Å². The van der Waals surface area contributed by atoms with Gasteiger partial charge in [0.15, 0.2) is 0 Å². The van der Waals surface area contributed by atoms with Gasteiger partial charge in [-0.05, 0) is 59.5 Å². The largest absolute Gasteiger partial charge is 0.453 e. The molecule has 2 saturated heterocycles. The van der Waals surface area contributed by atoms with Crippen molar-refractivity contribution in [3.63, 3.8) is 0 Å². The molecule has 31 heavy (non-hydrogen) atoms. The molecular formula is C29H26O2. The molecule has 2 aromatic carbocycles. The van der Waals surface area contributed by atoms with Crippen LogP contribution in [0.25, 0.3) is 0 Å². The Morgan fingerprint density at radius 2 is 1.06 bits per heavy atom. The number of rotatable bonds is 2. The summed E-state index contributed by atoms with van der Waals surface area (Å²) < 4.78 is 6.84. The molecule has 5 fully saturated rings. The number of esters is 1. The second-order valence-electron chi connectivity index (χ2n) is 10.8. The number of hydrogen-bond donors (Lipinski definition) is 0. The van der Waals surface area contributed by atoms with Crippen molar-refractivity contribution in [2.75, 3.05) is 0 Å². The van der Waals surface area contributed by atoms with Gasteiger partial charge in [-0.2, -0.15) is 0 Å². The molecule has 10 atom stereocenters. The van der Waals surface area contributed by atoms with Gasteiger partial charge in [-0.25, -0.2) is 0 Å². The molecule has 2 aliphatic heterocycles. The molecule has 9 rings (SSSR count). The highest BCUT2D eigenvalue weighted by molar-refractivity contribution is 5.88. The zero-order valence-corrected chi connectivity index (χ0v) is 17.4. The van der Waals surface area contributed by atoms with Crippen molar-refractivity contribution in [1.29, 1.82) is 0 Å². The lowest BCUT2D eigenvalue weighted by molar-refractivity contribution is -0.267. The van der Waals surface area contributed by atoms with Crippen LogP contribution in [-0.2, 0) is 20.5 Å². The molecule has 3 saturated carbocycles. The molecule has 2 heteroatoms. The second kappa shape index (κ2) is 5.41. The van der Waals surface area contributed by atoms with E-state index in [9.17, 15) is 4.79 Å². The van der Waals surface area contributed by atoms with Crippen LogP contribution in [0.4, 0.5) is 0 Å². The molecular weight excluding hydrogens is 380 g/mol. The highest BCUT2D eigenvalue weighted by atomic mass is 16.6. The van der Waals surface area contributed by atoms with Crippen molar-refractivity contribution >= 4 is 5.97 Å². The highest BCUT2D eigenvalue weighted by Crippen LogP contribution is 2.78. The van der Waals surface area contributed by atoms with E-state index in [2.05, 4.69) is 85.0 Å². The predicted octanol–water partition coefficient (Wildman–Crippen LogP) is 5.27. The third-order valence-electron chi connectivity index (χ3n) is 10.0. The summed E-state index contributed by atoms with van der Waals surface area (Å²) in [6.45, 7) is 0. The Labute approximate surface area is 183 Å². The minimum atomic E-state index is -0.512. The van der Waals surface area contributed by atoms with E-state index in [0.29, 0.717) is 47.3 Å². The first-order valence-electron chi connectivity index (χ1n) is 12.0. The van der Waals surface area contributed by atoms with Crippen LogP contribution in [0.1, 0.15) is 24.0 Å². The van der Waals surface area contributed by atoms with Crippen molar-refractivity contribution in [3.05, 3.63) is 96.1 Å². The zero-order valence-electron chi connectivity index (χ0n) is 17.4. The van der Waals surface area contributed by atoms with Crippen LogP contribution in [0.15, 0.2) is 85.0 Å². The maximum absolute atomic E-state index is 14.3. The Bertz CT molecular complexity index is 1110. The van der Waals surface area contributed by atoms with E-state index in [-0.39, 0.29) is 5.97 Å². The van der Waals surface area contributed by atoms with Gasteiger partial charge in [0.25, 0.3) is 0 Å². The molecule has 0 radical (unpaired) electrons. The molecule has 6 bridgehead atoms. The van der Waals surface area contributed by atoms with Gasteiger partial charge in [-0.1, -0.05) is 85.0 Å². The van der Waals surface area contributed by atoms with Crippen molar-refractivity contribution in [2.45, 2.75) is 23.9 Å². The maximum atomic E-state index is 14.3. The first-order chi connectivity index (χ1) is 15.3. The van der Waals surface area contributed by atoms with Gasteiger partial charge in [0.05, 0.1) is 0 Å². The highest BCUT2D eigenvalue weighted by Gasteiger charge is 2.82. The molecule has 2 unspecified atom stereocenters. The lowest BCUT2D eigenvalue weighted by Crippen LogP contribution is -2.74. The fraction of sp³-hybridized carbons (Fsp3) is 0.414. The van der Waals surface area contributed by atoms with Crippen LogP contribution in [-0.4, -0.2) is 5.97 Å². The third kappa shape index (κ3) is 1.68. The van der Waals surface area contributed by atoms with Crippen LogP contribution in [0, 0.1) is 47.3 Å². The zero-order chi connectivity index (χ0) is 20.4. The average molecular weight is 407 g/mol. The van der Waals surface area contributed by atoms with Crippen LogP contribution in [0.3, 0.4) is 0 Å². The number of carbonyl (C=O) groups is 1. The van der Waals surface area contributed by atoms with Gasteiger partial charge in [-0.15, -0.1) is 0 Å². The summed E-state index contributed by atoms with van der Waals surface area (Å²) in [6, 6.07) is 21.5. The summed E-state index contributed by atoms with van der Waals surface area (Å²) >= 11 is 0. The summed E-state index contributed by atoms with van der Waals surface area (Å²) in [5, 5.41) is 0. The summed E-state index contributed by atoms with van der Waals surface area (Å²) in [5.41, 5.74) is 1.44. The van der Waals surface area contributed by atoms with Gasteiger partial charge in [0.2, 0.25) is 0 Å². The van der Waals surface area contributed by atoms with E-state index < -0.39 is 11.0 Å². The molecule has 2 heterocycles.